The second-order valence-electron chi connectivity index (χ2n) is 12.0. The molecular weight excluding hydrogens is 534 g/mol. The molecular formula is C41H31N3. The van der Waals surface area contributed by atoms with E-state index >= 15 is 0 Å². The Morgan fingerprint density at radius 2 is 1.11 bits per heavy atom. The molecule has 1 heterocycles. The highest BCUT2D eigenvalue weighted by atomic mass is 14.9. The summed E-state index contributed by atoms with van der Waals surface area (Å²) in [5.74, 6) is 0.722. The van der Waals surface area contributed by atoms with Crippen LogP contribution >= 0.6 is 0 Å². The van der Waals surface area contributed by atoms with Crippen molar-refractivity contribution in [3.63, 3.8) is 0 Å². The van der Waals surface area contributed by atoms with Crippen LogP contribution < -0.4 is 0 Å². The van der Waals surface area contributed by atoms with Gasteiger partial charge in [0.15, 0.2) is 5.82 Å². The van der Waals surface area contributed by atoms with Gasteiger partial charge in [-0.2, -0.15) is 5.26 Å². The summed E-state index contributed by atoms with van der Waals surface area (Å²) in [5, 5.41) is 9.66. The van der Waals surface area contributed by atoms with Crippen molar-refractivity contribution in [2.45, 2.75) is 37.5 Å². The molecule has 0 bridgehead atoms. The Labute approximate surface area is 258 Å². The van der Waals surface area contributed by atoms with E-state index in [4.69, 9.17) is 9.97 Å². The first-order valence-electron chi connectivity index (χ1n) is 15.5. The summed E-state index contributed by atoms with van der Waals surface area (Å²) in [7, 11) is 0. The third-order valence-electron chi connectivity index (χ3n) is 9.54. The number of benzene rings is 5. The number of aromatic nitrogens is 2. The fraction of sp³-hybridized carbons (Fsp3) is 0.146. The fourth-order valence-corrected chi connectivity index (χ4v) is 7.35. The summed E-state index contributed by atoms with van der Waals surface area (Å²) in [4.78, 5) is 10.2. The second kappa shape index (κ2) is 10.7. The van der Waals surface area contributed by atoms with Gasteiger partial charge in [0.05, 0.1) is 23.0 Å². The van der Waals surface area contributed by atoms with E-state index in [9.17, 15) is 5.26 Å². The minimum atomic E-state index is -0.00168. The molecule has 1 fully saturated rings. The molecule has 0 atom stereocenters. The Kier molecular flexibility index (Phi) is 6.42. The molecule has 1 saturated carbocycles. The van der Waals surface area contributed by atoms with E-state index in [0.717, 1.165) is 52.3 Å². The quantitative estimate of drug-likeness (QED) is 0.214. The summed E-state index contributed by atoms with van der Waals surface area (Å²) in [6, 6.07) is 47.0. The van der Waals surface area contributed by atoms with E-state index in [0.29, 0.717) is 0 Å². The first-order chi connectivity index (χ1) is 21.7. The molecule has 0 unspecified atom stereocenters. The molecule has 44 heavy (non-hydrogen) atoms. The van der Waals surface area contributed by atoms with Gasteiger partial charge in [-0.1, -0.05) is 122 Å². The van der Waals surface area contributed by atoms with Crippen molar-refractivity contribution in [2.75, 3.05) is 0 Å². The highest BCUT2D eigenvalue weighted by molar-refractivity contribution is 5.85. The first kappa shape index (κ1) is 26.3. The summed E-state index contributed by atoms with van der Waals surface area (Å²) in [6.07, 6.45) is 6.00. The van der Waals surface area contributed by atoms with Crippen LogP contribution in [0.15, 0.2) is 127 Å². The normalized spacial score (nSPS) is 14.5. The maximum absolute atomic E-state index is 9.66. The standard InChI is InChI=1S/C41H31N3/c42-27-28-14-21-36-35(24-28)34-20-19-33(25-37(34)41(36)22-8-3-9-23-41)39-26-38(43-40(44-39)32-12-6-2-7-13-32)31-17-15-30(16-18-31)29-10-4-1-5-11-29/h1-2,4-7,10-21,24-26H,3,8-9,22-23H2. The molecule has 0 N–H and O–H groups in total. The molecule has 6 aromatic rings. The van der Waals surface area contributed by atoms with Gasteiger partial charge < -0.3 is 0 Å². The van der Waals surface area contributed by atoms with Gasteiger partial charge in [-0.25, -0.2) is 9.97 Å². The highest BCUT2D eigenvalue weighted by Crippen LogP contribution is 2.56. The van der Waals surface area contributed by atoms with Crippen molar-refractivity contribution >= 4 is 0 Å². The summed E-state index contributed by atoms with van der Waals surface area (Å²) < 4.78 is 0. The molecule has 0 saturated heterocycles. The Morgan fingerprint density at radius 1 is 0.500 bits per heavy atom. The molecule has 1 spiro atoms. The van der Waals surface area contributed by atoms with Gasteiger partial charge in [0, 0.05) is 22.1 Å². The van der Waals surface area contributed by atoms with Crippen LogP contribution in [0.3, 0.4) is 0 Å². The number of hydrogen-bond acceptors (Lipinski definition) is 3. The van der Waals surface area contributed by atoms with Crippen LogP contribution in [0.5, 0.6) is 0 Å². The smallest absolute Gasteiger partial charge is 0.160 e. The molecule has 3 nitrogen and oxygen atoms in total. The summed E-state index contributed by atoms with van der Waals surface area (Å²) >= 11 is 0. The summed E-state index contributed by atoms with van der Waals surface area (Å²) in [5.41, 5.74) is 13.3. The van der Waals surface area contributed by atoms with E-state index < -0.39 is 0 Å². The van der Waals surface area contributed by atoms with E-state index in [1.807, 2.05) is 30.3 Å². The first-order valence-corrected chi connectivity index (χ1v) is 15.5. The van der Waals surface area contributed by atoms with Gasteiger partial charge in [0.2, 0.25) is 0 Å². The lowest BCUT2D eigenvalue weighted by Crippen LogP contribution is -2.28. The number of nitrogens with zero attached hydrogens (tertiary/aromatic N) is 3. The minimum Gasteiger partial charge on any atom is -0.228 e. The Morgan fingerprint density at radius 3 is 1.82 bits per heavy atom. The van der Waals surface area contributed by atoms with Crippen molar-refractivity contribution < 1.29 is 0 Å². The Hall–Kier alpha value is -5.33. The predicted molar refractivity (Wildman–Crippen MR) is 178 cm³/mol. The molecule has 2 aliphatic carbocycles. The van der Waals surface area contributed by atoms with E-state index in [-0.39, 0.29) is 5.41 Å². The lowest BCUT2D eigenvalue weighted by Gasteiger charge is -2.36. The van der Waals surface area contributed by atoms with Crippen LogP contribution in [0, 0.1) is 11.3 Å². The molecule has 5 aromatic carbocycles. The Balaban J connectivity index is 1.27. The third kappa shape index (κ3) is 4.43. The number of hydrogen-bond donors (Lipinski definition) is 0. The molecule has 0 amide bonds. The van der Waals surface area contributed by atoms with E-state index in [1.54, 1.807) is 0 Å². The zero-order chi connectivity index (χ0) is 29.5. The maximum atomic E-state index is 9.66. The van der Waals surface area contributed by atoms with E-state index in [2.05, 4.69) is 103 Å². The number of rotatable bonds is 4. The van der Waals surface area contributed by atoms with Crippen LogP contribution in [-0.2, 0) is 5.41 Å². The van der Waals surface area contributed by atoms with Crippen molar-refractivity contribution in [3.8, 4) is 62.2 Å². The second-order valence-corrected chi connectivity index (χ2v) is 12.0. The zero-order valence-corrected chi connectivity index (χ0v) is 24.5. The van der Waals surface area contributed by atoms with Gasteiger partial charge >= 0.3 is 0 Å². The molecule has 210 valence electrons. The summed E-state index contributed by atoms with van der Waals surface area (Å²) in [6.45, 7) is 0. The van der Waals surface area contributed by atoms with Crippen molar-refractivity contribution in [1.29, 1.82) is 5.26 Å². The van der Waals surface area contributed by atoms with Crippen molar-refractivity contribution in [3.05, 3.63) is 144 Å². The predicted octanol–water partition coefficient (Wildman–Crippen LogP) is 10.2. The van der Waals surface area contributed by atoms with Crippen LogP contribution in [0.4, 0.5) is 0 Å². The molecule has 2 aliphatic rings. The molecule has 8 rings (SSSR count). The Bertz CT molecular complexity index is 2030. The monoisotopic (exact) mass is 565 g/mol. The van der Waals surface area contributed by atoms with Gasteiger partial charge in [0.1, 0.15) is 0 Å². The molecule has 0 aliphatic heterocycles. The SMILES string of the molecule is N#Cc1ccc2c(c1)-c1ccc(-c3cc(-c4ccc(-c5ccccc5)cc4)nc(-c4ccccc4)n3)cc1C21CCCCC1. The van der Waals surface area contributed by atoms with Gasteiger partial charge in [-0.3, -0.25) is 0 Å². The minimum absolute atomic E-state index is 0.00168. The third-order valence-corrected chi connectivity index (χ3v) is 9.54. The van der Waals surface area contributed by atoms with Crippen molar-refractivity contribution in [1.82, 2.24) is 9.97 Å². The maximum Gasteiger partial charge on any atom is 0.160 e. The van der Waals surface area contributed by atoms with Crippen LogP contribution in [-0.4, -0.2) is 9.97 Å². The highest BCUT2D eigenvalue weighted by Gasteiger charge is 2.44. The lowest BCUT2D eigenvalue weighted by molar-refractivity contribution is 0.353. The van der Waals surface area contributed by atoms with Gasteiger partial charge in [-0.15, -0.1) is 0 Å². The number of nitriles is 1. The van der Waals surface area contributed by atoms with Gasteiger partial charge in [-0.05, 0) is 70.5 Å². The van der Waals surface area contributed by atoms with E-state index in [1.165, 1.54) is 52.6 Å². The topological polar surface area (TPSA) is 49.6 Å². The average molecular weight is 566 g/mol. The van der Waals surface area contributed by atoms with Crippen LogP contribution in [0.25, 0.3) is 56.2 Å². The molecule has 3 heteroatoms. The van der Waals surface area contributed by atoms with Crippen LogP contribution in [0.2, 0.25) is 0 Å². The molecule has 0 radical (unpaired) electrons. The lowest BCUT2D eigenvalue weighted by atomic mass is 9.67. The zero-order valence-electron chi connectivity index (χ0n) is 24.5. The number of fused-ring (bicyclic) bond motifs is 5. The van der Waals surface area contributed by atoms with Crippen molar-refractivity contribution in [2.24, 2.45) is 0 Å². The fourth-order valence-electron chi connectivity index (χ4n) is 7.35. The molecule has 1 aromatic heterocycles. The average Bonchev–Trinajstić information content (AvgIpc) is 3.36. The van der Waals surface area contributed by atoms with Crippen LogP contribution in [0.1, 0.15) is 48.8 Å². The largest absolute Gasteiger partial charge is 0.228 e. The van der Waals surface area contributed by atoms with Gasteiger partial charge in [0.25, 0.3) is 0 Å².